The zero-order chi connectivity index (χ0) is 32.8. The van der Waals surface area contributed by atoms with Crippen molar-refractivity contribution in [2.45, 2.75) is 52.0 Å². The van der Waals surface area contributed by atoms with Crippen LogP contribution in [0.5, 0.6) is 0 Å². The Morgan fingerprint density at radius 1 is 1.00 bits per heavy atom. The standard InChI is InChI=1S/C37H40Cl2N6O2/c1-26-25-47-20-19-43(26)16-2-17-45-35-15-18-44(37(40)46)24-33(35)36(42-45)31-11-14-34(39)30(21-31)10-7-27-3-5-28(6-4-27)22-41-23-29-8-12-32(38)13-9-29/h3-6,8-9,11-14,21,26,41H,2,15-20,22-25H2,1H3,(H2,40,46)/t26-/m1/s1. The van der Waals surface area contributed by atoms with Crippen molar-refractivity contribution in [1.82, 2.24) is 24.9 Å². The molecule has 10 heteroatoms. The van der Waals surface area contributed by atoms with Crippen LogP contribution in [0.1, 0.15) is 46.9 Å². The maximum absolute atomic E-state index is 12.1. The smallest absolute Gasteiger partial charge is 0.315 e. The van der Waals surface area contributed by atoms with Gasteiger partial charge in [0.15, 0.2) is 0 Å². The van der Waals surface area contributed by atoms with Crippen LogP contribution in [-0.2, 0) is 37.3 Å². The van der Waals surface area contributed by atoms with Gasteiger partial charge in [-0.05, 0) is 60.9 Å². The van der Waals surface area contributed by atoms with Gasteiger partial charge in [0.1, 0.15) is 0 Å². The third-order valence-electron chi connectivity index (χ3n) is 8.87. The van der Waals surface area contributed by atoms with Crippen molar-refractivity contribution in [3.8, 4) is 23.1 Å². The number of hydrogen-bond donors (Lipinski definition) is 2. The quantitative estimate of drug-likeness (QED) is 0.210. The van der Waals surface area contributed by atoms with Crippen LogP contribution >= 0.6 is 23.2 Å². The fourth-order valence-corrected chi connectivity index (χ4v) is 6.47. The Balaban J connectivity index is 1.16. The average Bonchev–Trinajstić information content (AvgIpc) is 3.44. The summed E-state index contributed by atoms with van der Waals surface area (Å²) >= 11 is 12.6. The van der Waals surface area contributed by atoms with Crippen LogP contribution in [-0.4, -0.2) is 64.5 Å². The molecule has 3 aromatic carbocycles. The van der Waals surface area contributed by atoms with E-state index in [9.17, 15) is 4.79 Å². The summed E-state index contributed by atoms with van der Waals surface area (Å²) in [6, 6.07) is 21.9. The number of primary amides is 1. The molecule has 2 amide bonds. The maximum Gasteiger partial charge on any atom is 0.315 e. The molecule has 1 saturated heterocycles. The minimum atomic E-state index is -0.415. The van der Waals surface area contributed by atoms with Gasteiger partial charge < -0.3 is 20.7 Å². The highest BCUT2D eigenvalue weighted by atomic mass is 35.5. The fourth-order valence-electron chi connectivity index (χ4n) is 6.18. The number of nitrogens with two attached hydrogens (primary N) is 1. The van der Waals surface area contributed by atoms with E-state index in [2.05, 4.69) is 45.8 Å². The van der Waals surface area contributed by atoms with Crippen LogP contribution in [0.25, 0.3) is 11.3 Å². The molecule has 0 bridgehead atoms. The number of nitrogens with one attached hydrogen (secondary N) is 1. The minimum absolute atomic E-state index is 0.415. The Morgan fingerprint density at radius 2 is 1.74 bits per heavy atom. The highest BCUT2D eigenvalue weighted by Crippen LogP contribution is 2.32. The van der Waals surface area contributed by atoms with Gasteiger partial charge in [0.2, 0.25) is 0 Å². The van der Waals surface area contributed by atoms with Crippen molar-refractivity contribution >= 4 is 29.2 Å². The highest BCUT2D eigenvalue weighted by Gasteiger charge is 2.27. The summed E-state index contributed by atoms with van der Waals surface area (Å²) in [7, 11) is 0. The van der Waals surface area contributed by atoms with Gasteiger partial charge in [0.25, 0.3) is 0 Å². The molecule has 0 unspecified atom stereocenters. The number of carbonyl (C=O) groups excluding carboxylic acids is 1. The molecule has 244 valence electrons. The SMILES string of the molecule is C[C@@H]1COCCN1CCCn1nc(-c2ccc(Cl)c(C#Cc3ccc(CNCc4ccc(Cl)cc4)cc3)c2)c2c1CCN(C(N)=O)C2. The molecular weight excluding hydrogens is 631 g/mol. The molecule has 3 N–H and O–H groups in total. The van der Waals surface area contributed by atoms with E-state index in [1.165, 1.54) is 11.1 Å². The van der Waals surface area contributed by atoms with E-state index < -0.39 is 6.03 Å². The molecule has 1 atom stereocenters. The molecule has 6 rings (SSSR count). The van der Waals surface area contributed by atoms with Gasteiger partial charge in [-0.2, -0.15) is 5.10 Å². The second kappa shape index (κ2) is 15.4. The van der Waals surface area contributed by atoms with Gasteiger partial charge in [-0.1, -0.05) is 65.4 Å². The second-order valence-electron chi connectivity index (χ2n) is 12.2. The third kappa shape index (κ3) is 8.36. The van der Waals surface area contributed by atoms with Crippen LogP contribution in [0.3, 0.4) is 0 Å². The van der Waals surface area contributed by atoms with E-state index in [0.717, 1.165) is 91.0 Å². The fraction of sp³-hybridized carbons (Fsp3) is 0.351. The lowest BCUT2D eigenvalue weighted by Crippen LogP contribution is -2.44. The largest absolute Gasteiger partial charge is 0.379 e. The number of rotatable bonds is 9. The lowest BCUT2D eigenvalue weighted by atomic mass is 9.99. The summed E-state index contributed by atoms with van der Waals surface area (Å²) in [4.78, 5) is 16.3. The summed E-state index contributed by atoms with van der Waals surface area (Å²) in [6.45, 7) is 9.06. The minimum Gasteiger partial charge on any atom is -0.379 e. The summed E-state index contributed by atoms with van der Waals surface area (Å²) in [5.41, 5.74) is 13.7. The summed E-state index contributed by atoms with van der Waals surface area (Å²) in [6.07, 6.45) is 1.69. The van der Waals surface area contributed by atoms with E-state index in [4.69, 9.17) is 38.8 Å². The molecular formula is C37H40Cl2N6O2. The molecule has 3 heterocycles. The van der Waals surface area contributed by atoms with Crippen molar-refractivity contribution in [1.29, 1.82) is 0 Å². The van der Waals surface area contributed by atoms with E-state index in [1.807, 2.05) is 54.6 Å². The van der Waals surface area contributed by atoms with Crippen molar-refractivity contribution in [2.24, 2.45) is 5.73 Å². The average molecular weight is 672 g/mol. The van der Waals surface area contributed by atoms with Crippen LogP contribution in [0, 0.1) is 11.8 Å². The molecule has 4 aromatic rings. The number of carbonyl (C=O) groups is 1. The lowest BCUT2D eigenvalue weighted by molar-refractivity contribution is -0.00122. The number of aryl methyl sites for hydroxylation is 1. The first kappa shape index (κ1) is 33.1. The Hall–Kier alpha value is -3.84. The van der Waals surface area contributed by atoms with E-state index in [0.29, 0.717) is 30.6 Å². The first-order valence-corrected chi connectivity index (χ1v) is 16.9. The normalized spacial score (nSPS) is 16.4. The Kier molecular flexibility index (Phi) is 10.8. The molecule has 2 aliphatic heterocycles. The molecule has 1 fully saturated rings. The van der Waals surface area contributed by atoms with Gasteiger partial charge in [0, 0.05) is 84.7 Å². The number of amides is 2. The predicted octanol–water partition coefficient (Wildman–Crippen LogP) is 6.09. The number of fused-ring (bicyclic) bond motifs is 1. The zero-order valence-electron chi connectivity index (χ0n) is 26.6. The number of hydrogen-bond acceptors (Lipinski definition) is 5. The van der Waals surface area contributed by atoms with E-state index >= 15 is 0 Å². The number of urea groups is 1. The molecule has 0 saturated carbocycles. The number of benzene rings is 3. The zero-order valence-corrected chi connectivity index (χ0v) is 28.2. The van der Waals surface area contributed by atoms with E-state index in [1.54, 1.807) is 4.90 Å². The third-order valence-corrected chi connectivity index (χ3v) is 9.45. The molecule has 0 radical (unpaired) electrons. The molecule has 8 nitrogen and oxygen atoms in total. The Morgan fingerprint density at radius 3 is 2.47 bits per heavy atom. The maximum atomic E-state index is 12.1. The lowest BCUT2D eigenvalue weighted by Gasteiger charge is -2.33. The topological polar surface area (TPSA) is 88.7 Å². The molecule has 47 heavy (non-hydrogen) atoms. The monoisotopic (exact) mass is 670 g/mol. The molecule has 2 aliphatic rings. The Labute approximate surface area is 286 Å². The van der Waals surface area contributed by atoms with Crippen molar-refractivity contribution in [2.75, 3.05) is 32.8 Å². The summed E-state index contributed by atoms with van der Waals surface area (Å²) in [5, 5.41) is 9.88. The second-order valence-corrected chi connectivity index (χ2v) is 13.0. The van der Waals surface area contributed by atoms with Crippen LogP contribution in [0.15, 0.2) is 66.7 Å². The molecule has 1 aromatic heterocycles. The number of ether oxygens (including phenoxy) is 1. The van der Waals surface area contributed by atoms with Crippen molar-refractivity contribution in [3.63, 3.8) is 0 Å². The predicted molar refractivity (Wildman–Crippen MR) is 187 cm³/mol. The van der Waals surface area contributed by atoms with Crippen LogP contribution < -0.4 is 11.1 Å². The number of morpholine rings is 1. The van der Waals surface area contributed by atoms with Gasteiger partial charge in [0.05, 0.1) is 30.5 Å². The first-order chi connectivity index (χ1) is 22.8. The first-order valence-electron chi connectivity index (χ1n) is 16.1. The molecule has 0 spiro atoms. The van der Waals surface area contributed by atoms with Crippen molar-refractivity contribution in [3.05, 3.63) is 110 Å². The number of aromatic nitrogens is 2. The van der Waals surface area contributed by atoms with Crippen LogP contribution in [0.2, 0.25) is 10.0 Å². The van der Waals surface area contributed by atoms with Gasteiger partial charge in [-0.15, -0.1) is 0 Å². The van der Waals surface area contributed by atoms with Crippen LogP contribution in [0.4, 0.5) is 4.79 Å². The summed E-state index contributed by atoms with van der Waals surface area (Å²) < 4.78 is 7.73. The highest BCUT2D eigenvalue weighted by molar-refractivity contribution is 6.31. The number of nitrogens with zero attached hydrogens (tertiary/aromatic N) is 4. The van der Waals surface area contributed by atoms with Gasteiger partial charge in [-0.25, -0.2) is 4.79 Å². The van der Waals surface area contributed by atoms with Gasteiger partial charge in [-0.3, -0.25) is 9.58 Å². The Bertz CT molecular complexity index is 1760. The van der Waals surface area contributed by atoms with Crippen molar-refractivity contribution < 1.29 is 9.53 Å². The molecule has 0 aliphatic carbocycles. The summed E-state index contributed by atoms with van der Waals surface area (Å²) in [5.74, 6) is 6.54. The van der Waals surface area contributed by atoms with E-state index in [-0.39, 0.29) is 0 Å². The number of halogens is 2. The van der Waals surface area contributed by atoms with Gasteiger partial charge >= 0.3 is 6.03 Å².